The Morgan fingerprint density at radius 3 is 2.53 bits per heavy atom. The number of nitrogens with one attached hydrogen (secondary N) is 1. The Morgan fingerprint density at radius 2 is 1.83 bits per heavy atom. The van der Waals surface area contributed by atoms with Crippen LogP contribution in [0.15, 0.2) is 39.9 Å². The number of imidazole rings is 1. The van der Waals surface area contributed by atoms with Gasteiger partial charge in [-0.1, -0.05) is 30.3 Å². The minimum absolute atomic E-state index is 0.150. The van der Waals surface area contributed by atoms with Crippen molar-refractivity contribution in [3.05, 3.63) is 62.6 Å². The number of nitrogens with zero attached hydrogens (tertiary/aromatic N) is 4. The third kappa shape index (κ3) is 4.24. The van der Waals surface area contributed by atoms with E-state index in [2.05, 4.69) is 35.9 Å². The number of fused-ring (bicyclic) bond motifs is 1. The van der Waals surface area contributed by atoms with E-state index < -0.39 is 5.69 Å². The first-order valence-corrected chi connectivity index (χ1v) is 10.5. The molecular weight excluding hydrogens is 382 g/mol. The molecule has 0 radical (unpaired) electrons. The van der Waals surface area contributed by atoms with Crippen LogP contribution in [-0.4, -0.2) is 49.3 Å². The molecule has 1 aliphatic heterocycles. The minimum Gasteiger partial charge on any atom is -0.373 e. The summed E-state index contributed by atoms with van der Waals surface area (Å²) in [5.74, 6) is 0.811. The number of ether oxygens (including phenoxy) is 1. The van der Waals surface area contributed by atoms with Crippen molar-refractivity contribution in [2.45, 2.75) is 52.0 Å². The highest BCUT2D eigenvalue weighted by Gasteiger charge is 2.25. The molecule has 0 saturated carbocycles. The van der Waals surface area contributed by atoms with E-state index in [0.29, 0.717) is 24.3 Å². The predicted molar refractivity (Wildman–Crippen MR) is 116 cm³/mol. The van der Waals surface area contributed by atoms with Crippen molar-refractivity contribution < 1.29 is 4.74 Å². The van der Waals surface area contributed by atoms with Crippen molar-refractivity contribution in [3.63, 3.8) is 0 Å². The van der Waals surface area contributed by atoms with Gasteiger partial charge in [-0.25, -0.2) is 9.78 Å². The highest BCUT2D eigenvalue weighted by molar-refractivity contribution is 5.70. The summed E-state index contributed by atoms with van der Waals surface area (Å²) >= 11 is 0. The molecular formula is C22H29N5O3. The Balaban J connectivity index is 1.66. The van der Waals surface area contributed by atoms with Gasteiger partial charge in [0, 0.05) is 26.7 Å². The van der Waals surface area contributed by atoms with Crippen LogP contribution in [0.5, 0.6) is 0 Å². The maximum atomic E-state index is 12.7. The molecule has 160 valence electrons. The number of hydrogen-bond acceptors (Lipinski definition) is 5. The molecule has 0 aliphatic carbocycles. The Kier molecular flexibility index (Phi) is 5.87. The molecule has 3 aromatic rings. The maximum Gasteiger partial charge on any atom is 0.329 e. The Morgan fingerprint density at radius 1 is 1.13 bits per heavy atom. The van der Waals surface area contributed by atoms with Gasteiger partial charge >= 0.3 is 5.69 Å². The van der Waals surface area contributed by atoms with Gasteiger partial charge in [-0.05, 0) is 32.3 Å². The summed E-state index contributed by atoms with van der Waals surface area (Å²) in [5, 5.41) is 0. The summed E-state index contributed by atoms with van der Waals surface area (Å²) in [6.07, 6.45) is 2.09. The van der Waals surface area contributed by atoms with E-state index in [0.717, 1.165) is 31.8 Å². The average Bonchev–Trinajstić information content (AvgIpc) is 3.05. The summed E-state index contributed by atoms with van der Waals surface area (Å²) in [6.45, 7) is 7.04. The van der Waals surface area contributed by atoms with Crippen molar-refractivity contribution in [3.8, 4) is 0 Å². The van der Waals surface area contributed by atoms with Crippen molar-refractivity contribution in [2.75, 3.05) is 13.1 Å². The van der Waals surface area contributed by atoms with Gasteiger partial charge in [-0.15, -0.1) is 0 Å². The van der Waals surface area contributed by atoms with Crippen molar-refractivity contribution in [2.24, 2.45) is 7.05 Å². The van der Waals surface area contributed by atoms with Gasteiger partial charge in [0.05, 0.1) is 18.8 Å². The van der Waals surface area contributed by atoms with Gasteiger partial charge in [-0.2, -0.15) is 0 Å². The van der Waals surface area contributed by atoms with Gasteiger partial charge in [-0.3, -0.25) is 19.2 Å². The number of benzene rings is 1. The zero-order chi connectivity index (χ0) is 21.3. The van der Waals surface area contributed by atoms with Crippen molar-refractivity contribution in [1.29, 1.82) is 0 Å². The molecule has 8 heteroatoms. The highest BCUT2D eigenvalue weighted by atomic mass is 16.5. The fourth-order valence-electron chi connectivity index (χ4n) is 4.34. The number of hydrogen-bond donors (Lipinski definition) is 1. The van der Waals surface area contributed by atoms with E-state index in [1.807, 2.05) is 22.8 Å². The molecule has 1 fully saturated rings. The predicted octanol–water partition coefficient (Wildman–Crippen LogP) is 1.67. The van der Waals surface area contributed by atoms with Crippen molar-refractivity contribution in [1.82, 2.24) is 24.0 Å². The van der Waals surface area contributed by atoms with Crippen LogP contribution >= 0.6 is 0 Å². The molecule has 8 nitrogen and oxygen atoms in total. The van der Waals surface area contributed by atoms with Crippen LogP contribution in [0.2, 0.25) is 0 Å². The van der Waals surface area contributed by atoms with E-state index in [4.69, 9.17) is 9.72 Å². The van der Waals surface area contributed by atoms with Crippen molar-refractivity contribution >= 4 is 11.2 Å². The molecule has 1 saturated heterocycles. The molecule has 1 aliphatic rings. The molecule has 4 rings (SSSR count). The van der Waals surface area contributed by atoms with E-state index >= 15 is 0 Å². The van der Waals surface area contributed by atoms with Crippen LogP contribution in [0.25, 0.3) is 11.2 Å². The van der Waals surface area contributed by atoms with Gasteiger partial charge in [0.1, 0.15) is 5.82 Å². The molecule has 0 amide bonds. The first-order valence-electron chi connectivity index (χ1n) is 10.5. The van der Waals surface area contributed by atoms with Crippen LogP contribution in [-0.2, 0) is 31.3 Å². The Labute approximate surface area is 175 Å². The normalized spacial score (nSPS) is 20.1. The van der Waals surface area contributed by atoms with Crippen LogP contribution in [0.4, 0.5) is 0 Å². The van der Waals surface area contributed by atoms with E-state index in [-0.39, 0.29) is 17.8 Å². The van der Waals surface area contributed by atoms with Crippen LogP contribution < -0.4 is 11.2 Å². The van der Waals surface area contributed by atoms with Crippen LogP contribution in [0.1, 0.15) is 31.7 Å². The lowest BCUT2D eigenvalue weighted by Crippen LogP contribution is -2.45. The smallest absolute Gasteiger partial charge is 0.329 e. The number of aromatic nitrogens is 4. The fraction of sp³-hybridized carbons (Fsp3) is 0.500. The molecule has 30 heavy (non-hydrogen) atoms. The largest absolute Gasteiger partial charge is 0.373 e. The first kappa shape index (κ1) is 20.6. The second kappa shape index (κ2) is 8.57. The maximum absolute atomic E-state index is 12.7. The SMILES string of the molecule is C[C@H]1CN(Cc2nc3c(c(=O)[nH]c(=O)n3C)n2CCCc2ccccc2)C[C@H](C)O1. The van der Waals surface area contributed by atoms with Gasteiger partial charge < -0.3 is 9.30 Å². The summed E-state index contributed by atoms with van der Waals surface area (Å²) in [5.41, 5.74) is 1.35. The standard InChI is InChI=1S/C22H29N5O3/c1-15-12-26(13-16(2)30-15)14-18-23-20-19(21(28)24-22(29)25(20)3)27(18)11-7-10-17-8-5-4-6-9-17/h4-6,8-9,15-16H,7,10-14H2,1-3H3,(H,24,28,29)/t15-,16-/m0/s1. The third-order valence-corrected chi connectivity index (χ3v) is 5.64. The highest BCUT2D eigenvalue weighted by Crippen LogP contribution is 2.18. The first-order chi connectivity index (χ1) is 14.4. The number of aryl methyl sites for hydroxylation is 3. The minimum atomic E-state index is -0.443. The summed E-state index contributed by atoms with van der Waals surface area (Å²) < 4.78 is 9.24. The summed E-state index contributed by atoms with van der Waals surface area (Å²) in [6, 6.07) is 10.3. The molecule has 3 heterocycles. The molecule has 2 atom stereocenters. The molecule has 1 N–H and O–H groups in total. The Hall–Kier alpha value is -2.71. The third-order valence-electron chi connectivity index (χ3n) is 5.64. The van der Waals surface area contributed by atoms with E-state index in [1.165, 1.54) is 10.1 Å². The lowest BCUT2D eigenvalue weighted by atomic mass is 10.1. The van der Waals surface area contributed by atoms with Crippen LogP contribution in [0.3, 0.4) is 0 Å². The summed E-state index contributed by atoms with van der Waals surface area (Å²) in [4.78, 5) is 34.2. The van der Waals surface area contributed by atoms with E-state index in [1.54, 1.807) is 7.05 Å². The molecule has 0 spiro atoms. The average molecular weight is 412 g/mol. The van der Waals surface area contributed by atoms with Gasteiger partial charge in [0.25, 0.3) is 5.56 Å². The number of rotatable bonds is 6. The van der Waals surface area contributed by atoms with Gasteiger partial charge in [0.2, 0.25) is 0 Å². The Bertz CT molecular complexity index is 1120. The zero-order valence-corrected chi connectivity index (χ0v) is 17.8. The molecule has 2 aromatic heterocycles. The topological polar surface area (TPSA) is 85.2 Å². The quantitative estimate of drug-likeness (QED) is 0.667. The molecule has 1 aromatic carbocycles. The number of aromatic amines is 1. The molecule has 0 bridgehead atoms. The second-order valence-corrected chi connectivity index (χ2v) is 8.21. The van der Waals surface area contributed by atoms with E-state index in [9.17, 15) is 9.59 Å². The summed E-state index contributed by atoms with van der Waals surface area (Å²) in [7, 11) is 1.64. The fourth-order valence-corrected chi connectivity index (χ4v) is 4.34. The monoisotopic (exact) mass is 411 g/mol. The van der Waals surface area contributed by atoms with Crippen LogP contribution in [0, 0.1) is 0 Å². The zero-order valence-electron chi connectivity index (χ0n) is 17.8. The molecule has 0 unspecified atom stereocenters. The number of H-pyrrole nitrogens is 1. The lowest BCUT2D eigenvalue weighted by molar-refractivity contribution is -0.0712. The second-order valence-electron chi connectivity index (χ2n) is 8.21. The number of morpholine rings is 1. The lowest BCUT2D eigenvalue weighted by Gasteiger charge is -2.35. The van der Waals surface area contributed by atoms with Gasteiger partial charge in [0.15, 0.2) is 11.2 Å².